The Balaban J connectivity index is 2.06. The minimum Gasteiger partial charge on any atom is -0.466 e. The van der Waals surface area contributed by atoms with Crippen LogP contribution in [0.4, 0.5) is 0 Å². The topological polar surface area (TPSA) is 95.9 Å². The zero-order chi connectivity index (χ0) is 23.1. The van der Waals surface area contributed by atoms with E-state index >= 15 is 0 Å². The summed E-state index contributed by atoms with van der Waals surface area (Å²) in [6.45, 7) is 9.70. The first-order valence-corrected chi connectivity index (χ1v) is 13.2. The number of aliphatic hydroxyl groups is 1. The second kappa shape index (κ2) is 9.59. The first kappa shape index (κ1) is 24.8. The molecule has 3 aliphatic rings. The summed E-state index contributed by atoms with van der Waals surface area (Å²) in [4.78, 5) is 42.0. The Morgan fingerprint density at radius 2 is 2.03 bits per heavy atom. The van der Waals surface area contributed by atoms with Gasteiger partial charge in [0.1, 0.15) is 6.04 Å². The Morgan fingerprint density at radius 1 is 1.35 bits per heavy atom. The smallest absolute Gasteiger partial charge is 0.310 e. The zero-order valence-electron chi connectivity index (χ0n) is 19.0. The maximum absolute atomic E-state index is 13.8. The first-order chi connectivity index (χ1) is 14.6. The van der Waals surface area contributed by atoms with Crippen molar-refractivity contribution in [2.45, 2.75) is 86.8 Å². The Hall–Kier alpha value is -0.800. The van der Waals surface area contributed by atoms with Gasteiger partial charge < -0.3 is 20.1 Å². The molecule has 4 unspecified atom stereocenters. The van der Waals surface area contributed by atoms with Crippen molar-refractivity contribution < 1.29 is 24.2 Å². The Labute approximate surface area is 197 Å². The molecule has 31 heavy (non-hydrogen) atoms. The zero-order valence-corrected chi connectivity index (χ0v) is 21.4. The van der Waals surface area contributed by atoms with Gasteiger partial charge in [-0.1, -0.05) is 43.1 Å². The molecule has 0 radical (unpaired) electrons. The van der Waals surface area contributed by atoms with Crippen molar-refractivity contribution in [3.63, 3.8) is 0 Å². The monoisotopic (exact) mass is 518 g/mol. The Bertz CT molecular complexity index is 722. The van der Waals surface area contributed by atoms with E-state index < -0.39 is 28.7 Å². The number of nitrogens with one attached hydrogen (secondary N) is 1. The molecular weight excluding hydrogens is 484 g/mol. The van der Waals surface area contributed by atoms with Crippen LogP contribution in [0.15, 0.2) is 0 Å². The van der Waals surface area contributed by atoms with Gasteiger partial charge in [-0.15, -0.1) is 11.8 Å². The number of hydrogen-bond acceptors (Lipinski definition) is 6. The van der Waals surface area contributed by atoms with E-state index in [9.17, 15) is 19.5 Å². The van der Waals surface area contributed by atoms with Crippen LogP contribution in [0.5, 0.6) is 0 Å². The third-order valence-corrected chi connectivity index (χ3v) is 10.2. The molecule has 3 saturated heterocycles. The molecule has 1 spiro atoms. The van der Waals surface area contributed by atoms with Crippen LogP contribution in [0.3, 0.4) is 0 Å². The lowest BCUT2D eigenvalue weighted by Gasteiger charge is -2.39. The molecule has 0 aliphatic carbocycles. The minimum absolute atomic E-state index is 0.0132. The van der Waals surface area contributed by atoms with Crippen molar-refractivity contribution >= 4 is 45.5 Å². The fourth-order valence-corrected chi connectivity index (χ4v) is 9.27. The molecule has 0 aromatic heterocycles. The molecule has 0 aromatic rings. The first-order valence-electron chi connectivity index (χ1n) is 11.4. The number of carbonyl (C=O) groups excluding carboxylic acids is 3. The van der Waals surface area contributed by atoms with E-state index in [1.54, 1.807) is 23.6 Å². The highest BCUT2D eigenvalue weighted by molar-refractivity contribution is 9.09. The molecule has 0 saturated carbocycles. The lowest BCUT2D eigenvalue weighted by molar-refractivity contribution is -0.154. The van der Waals surface area contributed by atoms with Crippen LogP contribution in [-0.4, -0.2) is 74.0 Å². The second-order valence-corrected chi connectivity index (χ2v) is 12.1. The summed E-state index contributed by atoms with van der Waals surface area (Å²) < 4.78 is 4.65. The van der Waals surface area contributed by atoms with Crippen LogP contribution in [0.1, 0.15) is 53.9 Å². The fourth-order valence-electron chi connectivity index (χ4n) is 5.68. The third-order valence-electron chi connectivity index (χ3n) is 6.96. The number of carbonyl (C=O) groups is 3. The van der Waals surface area contributed by atoms with Crippen LogP contribution in [0.25, 0.3) is 0 Å². The highest BCUT2D eigenvalue weighted by Crippen LogP contribution is 2.68. The predicted octanol–water partition coefficient (Wildman–Crippen LogP) is 2.34. The maximum Gasteiger partial charge on any atom is 0.310 e. The summed E-state index contributed by atoms with van der Waals surface area (Å²) in [5.74, 6) is -1.99. The average Bonchev–Trinajstić information content (AvgIpc) is 3.26. The van der Waals surface area contributed by atoms with Crippen molar-refractivity contribution in [3.05, 3.63) is 0 Å². The van der Waals surface area contributed by atoms with E-state index in [1.807, 2.05) is 20.8 Å². The molecule has 2 amide bonds. The van der Waals surface area contributed by atoms with Gasteiger partial charge in [0.25, 0.3) is 0 Å². The number of hydrogen-bond donors (Lipinski definition) is 2. The van der Waals surface area contributed by atoms with E-state index in [4.69, 9.17) is 4.74 Å². The number of esters is 1. The van der Waals surface area contributed by atoms with E-state index in [2.05, 4.69) is 28.2 Å². The number of ether oxygens (including phenoxy) is 1. The van der Waals surface area contributed by atoms with E-state index in [0.29, 0.717) is 6.42 Å². The number of halogens is 1. The van der Waals surface area contributed by atoms with Gasteiger partial charge in [-0.2, -0.15) is 0 Å². The number of alkyl halides is 1. The van der Waals surface area contributed by atoms with E-state index in [1.165, 1.54) is 0 Å². The van der Waals surface area contributed by atoms with Crippen molar-refractivity contribution in [2.75, 3.05) is 13.2 Å². The quantitative estimate of drug-likeness (QED) is 0.359. The summed E-state index contributed by atoms with van der Waals surface area (Å²) in [6, 6.07) is -1.22. The fraction of sp³-hybridized carbons (Fsp3) is 0.864. The molecular formula is C22H35BrN2O5S. The third kappa shape index (κ3) is 4.03. The molecule has 9 heteroatoms. The summed E-state index contributed by atoms with van der Waals surface area (Å²) in [6.07, 6.45) is 2.42. The van der Waals surface area contributed by atoms with Crippen molar-refractivity contribution in [1.29, 1.82) is 0 Å². The van der Waals surface area contributed by atoms with Crippen LogP contribution in [-0.2, 0) is 19.1 Å². The average molecular weight is 520 g/mol. The molecule has 3 fully saturated rings. The molecule has 2 N–H and O–H groups in total. The van der Waals surface area contributed by atoms with Gasteiger partial charge in [0.2, 0.25) is 11.8 Å². The van der Waals surface area contributed by atoms with Crippen LogP contribution < -0.4 is 5.32 Å². The summed E-state index contributed by atoms with van der Waals surface area (Å²) in [5, 5.41) is 13.1. The maximum atomic E-state index is 13.8. The van der Waals surface area contributed by atoms with Crippen molar-refractivity contribution in [1.82, 2.24) is 10.2 Å². The number of rotatable bonds is 9. The summed E-state index contributed by atoms with van der Waals surface area (Å²) >= 11 is 5.31. The van der Waals surface area contributed by atoms with E-state index in [0.717, 1.165) is 12.8 Å². The molecule has 8 atom stereocenters. The highest BCUT2D eigenvalue weighted by Gasteiger charge is 2.76. The number of likely N-dealkylation sites (tertiary alicyclic amines) is 1. The number of nitrogens with zero attached hydrogens (tertiary/aromatic N) is 1. The standard InChI is InChI=1S/C22H35BrN2O5S/c1-6-8-12(5)24-19(27)18-22-9-13(23)17(31-22)15(21(29)30-7-2)16(22)20(28)25(18)14(10-26)11(3)4/h11-18,26H,6-10H2,1-5H3,(H,24,27)/t12?,13?,14-,15+,16-,17+,18?,22?/m0/s1. The normalized spacial score (nSPS) is 35.9. The Morgan fingerprint density at radius 3 is 2.58 bits per heavy atom. The second-order valence-electron chi connectivity index (χ2n) is 9.35. The predicted molar refractivity (Wildman–Crippen MR) is 124 cm³/mol. The molecule has 176 valence electrons. The van der Waals surface area contributed by atoms with Gasteiger partial charge in [0, 0.05) is 16.1 Å². The lowest BCUT2D eigenvalue weighted by atomic mass is 9.71. The van der Waals surface area contributed by atoms with Gasteiger partial charge in [0.05, 0.1) is 35.8 Å². The molecule has 3 aliphatic heterocycles. The van der Waals surface area contributed by atoms with Gasteiger partial charge in [-0.3, -0.25) is 14.4 Å². The number of fused-ring (bicyclic) bond motifs is 1. The number of amides is 2. The van der Waals surface area contributed by atoms with Gasteiger partial charge in [-0.25, -0.2) is 0 Å². The molecule has 2 bridgehead atoms. The van der Waals surface area contributed by atoms with E-state index in [-0.39, 0.29) is 53.0 Å². The molecule has 3 rings (SSSR count). The van der Waals surface area contributed by atoms with Crippen molar-refractivity contribution in [3.8, 4) is 0 Å². The minimum atomic E-state index is -0.724. The van der Waals surface area contributed by atoms with Crippen LogP contribution >= 0.6 is 27.7 Å². The largest absolute Gasteiger partial charge is 0.466 e. The summed E-state index contributed by atoms with van der Waals surface area (Å²) in [5.41, 5.74) is 0. The van der Waals surface area contributed by atoms with Gasteiger partial charge in [0.15, 0.2) is 0 Å². The Kier molecular flexibility index (Phi) is 7.69. The molecule has 3 heterocycles. The van der Waals surface area contributed by atoms with Crippen molar-refractivity contribution in [2.24, 2.45) is 17.8 Å². The van der Waals surface area contributed by atoms with Crippen LogP contribution in [0, 0.1) is 17.8 Å². The number of aliphatic hydroxyl groups excluding tert-OH is 1. The highest BCUT2D eigenvalue weighted by atomic mass is 79.9. The van der Waals surface area contributed by atoms with Gasteiger partial charge in [-0.05, 0) is 32.6 Å². The molecule has 7 nitrogen and oxygen atoms in total. The number of thioether (sulfide) groups is 1. The van der Waals surface area contributed by atoms with Gasteiger partial charge >= 0.3 is 5.97 Å². The SMILES string of the molecule is CCCC(C)NC(=O)C1N([C@@H](CO)C(C)C)C(=O)[C@@H]2[C@@H](C(=O)OCC)[C@@H]3SC12CC3Br. The molecule has 0 aromatic carbocycles. The summed E-state index contributed by atoms with van der Waals surface area (Å²) in [7, 11) is 0. The lowest BCUT2D eigenvalue weighted by Crippen LogP contribution is -2.58. The van der Waals surface area contributed by atoms with Crippen LogP contribution in [0.2, 0.25) is 0 Å².